The van der Waals surface area contributed by atoms with Gasteiger partial charge in [0.15, 0.2) is 0 Å². The van der Waals surface area contributed by atoms with Gasteiger partial charge in [0.2, 0.25) is 0 Å². The van der Waals surface area contributed by atoms with Gasteiger partial charge in [-0.3, -0.25) is 4.79 Å². The second-order valence-corrected chi connectivity index (χ2v) is 4.40. The summed E-state index contributed by atoms with van der Waals surface area (Å²) in [5, 5.41) is 15.8. The Labute approximate surface area is 110 Å². The van der Waals surface area contributed by atoms with Crippen LogP contribution >= 0.6 is 0 Å². The van der Waals surface area contributed by atoms with Crippen LogP contribution in [0.1, 0.15) is 23.5 Å². The first-order valence-corrected chi connectivity index (χ1v) is 6.23. The SMILES string of the molecule is O=C(Nc1ccccc1N1CCCC1)c1nn[nH]n1. The fourth-order valence-corrected chi connectivity index (χ4v) is 2.25. The number of benzene rings is 1. The van der Waals surface area contributed by atoms with Crippen LogP contribution in [0.5, 0.6) is 0 Å². The van der Waals surface area contributed by atoms with Gasteiger partial charge in [0.05, 0.1) is 11.4 Å². The topological polar surface area (TPSA) is 86.8 Å². The molecule has 2 N–H and O–H groups in total. The van der Waals surface area contributed by atoms with Gasteiger partial charge in [-0.05, 0) is 30.2 Å². The minimum Gasteiger partial charge on any atom is -0.370 e. The number of rotatable bonds is 3. The number of nitrogens with one attached hydrogen (secondary N) is 2. The molecule has 1 aliphatic rings. The van der Waals surface area contributed by atoms with Crippen LogP contribution in [0, 0.1) is 0 Å². The highest BCUT2D eigenvalue weighted by Crippen LogP contribution is 2.28. The zero-order valence-electron chi connectivity index (χ0n) is 10.3. The number of nitrogens with zero attached hydrogens (tertiary/aromatic N) is 4. The van der Waals surface area contributed by atoms with E-state index in [1.807, 2.05) is 24.3 Å². The molecule has 2 aromatic rings. The third-order valence-electron chi connectivity index (χ3n) is 3.15. The zero-order chi connectivity index (χ0) is 13.1. The highest BCUT2D eigenvalue weighted by Gasteiger charge is 2.18. The molecule has 19 heavy (non-hydrogen) atoms. The van der Waals surface area contributed by atoms with E-state index in [2.05, 4.69) is 30.8 Å². The molecular formula is C12H14N6O. The first kappa shape index (κ1) is 11.6. The van der Waals surface area contributed by atoms with E-state index < -0.39 is 0 Å². The first-order chi connectivity index (χ1) is 9.34. The van der Waals surface area contributed by atoms with E-state index in [0.717, 1.165) is 24.5 Å². The Hall–Kier alpha value is -2.44. The fraction of sp³-hybridized carbons (Fsp3) is 0.333. The van der Waals surface area contributed by atoms with Crippen molar-refractivity contribution in [2.75, 3.05) is 23.3 Å². The number of amides is 1. The van der Waals surface area contributed by atoms with Crippen molar-refractivity contribution in [3.05, 3.63) is 30.1 Å². The molecule has 2 heterocycles. The summed E-state index contributed by atoms with van der Waals surface area (Å²) in [4.78, 5) is 14.2. The lowest BCUT2D eigenvalue weighted by atomic mass is 10.2. The third-order valence-corrected chi connectivity index (χ3v) is 3.15. The third kappa shape index (κ3) is 2.40. The van der Waals surface area contributed by atoms with Gasteiger partial charge in [0.25, 0.3) is 11.7 Å². The molecule has 7 heteroatoms. The molecule has 0 spiro atoms. The van der Waals surface area contributed by atoms with Gasteiger partial charge in [0.1, 0.15) is 0 Å². The Morgan fingerprint density at radius 2 is 2.05 bits per heavy atom. The van der Waals surface area contributed by atoms with Gasteiger partial charge in [0, 0.05) is 13.1 Å². The lowest BCUT2D eigenvalue weighted by Crippen LogP contribution is -2.21. The average molecular weight is 258 g/mol. The standard InChI is InChI=1S/C12H14N6O/c19-12(11-14-16-17-15-11)13-9-5-1-2-6-10(9)18-7-3-4-8-18/h1-2,5-6H,3-4,7-8H2,(H,13,19)(H,14,15,16,17). The normalized spacial score (nSPS) is 14.6. The van der Waals surface area contributed by atoms with Crippen LogP contribution in [0.2, 0.25) is 0 Å². The molecule has 0 saturated carbocycles. The molecule has 3 rings (SSSR count). The molecule has 0 atom stereocenters. The Balaban J connectivity index is 1.82. The molecule has 0 unspecified atom stereocenters. The van der Waals surface area contributed by atoms with Crippen LogP contribution in [0.15, 0.2) is 24.3 Å². The molecule has 7 nitrogen and oxygen atoms in total. The van der Waals surface area contributed by atoms with Gasteiger partial charge < -0.3 is 10.2 Å². The second kappa shape index (κ2) is 5.05. The second-order valence-electron chi connectivity index (χ2n) is 4.40. The molecule has 0 radical (unpaired) electrons. The summed E-state index contributed by atoms with van der Waals surface area (Å²) in [5.74, 6) is -0.323. The fourth-order valence-electron chi connectivity index (χ4n) is 2.25. The predicted octanol–water partition coefficient (Wildman–Crippen LogP) is 1.05. The highest BCUT2D eigenvalue weighted by molar-refractivity contribution is 6.03. The number of aromatic nitrogens is 4. The number of para-hydroxylation sites is 2. The Morgan fingerprint density at radius 1 is 1.26 bits per heavy atom. The molecule has 1 fully saturated rings. The number of H-pyrrole nitrogens is 1. The Kier molecular flexibility index (Phi) is 3.09. The van der Waals surface area contributed by atoms with Crippen molar-refractivity contribution in [3.63, 3.8) is 0 Å². The lowest BCUT2D eigenvalue weighted by molar-refractivity contribution is 0.101. The molecule has 1 amide bonds. The van der Waals surface area contributed by atoms with E-state index in [4.69, 9.17) is 0 Å². The summed E-state index contributed by atoms with van der Waals surface area (Å²) in [6, 6.07) is 7.76. The molecule has 0 bridgehead atoms. The molecule has 1 aromatic heterocycles. The molecule has 1 aliphatic heterocycles. The average Bonchev–Trinajstić information content (AvgIpc) is 3.13. The van der Waals surface area contributed by atoms with Crippen LogP contribution in [0.3, 0.4) is 0 Å². The van der Waals surface area contributed by atoms with Crippen LogP contribution in [0.25, 0.3) is 0 Å². The van der Waals surface area contributed by atoms with Gasteiger partial charge >= 0.3 is 0 Å². The number of hydrogen-bond donors (Lipinski definition) is 2. The van der Waals surface area contributed by atoms with Crippen molar-refractivity contribution in [1.82, 2.24) is 20.6 Å². The van der Waals surface area contributed by atoms with Crippen LogP contribution in [-0.2, 0) is 0 Å². The highest BCUT2D eigenvalue weighted by atomic mass is 16.2. The van der Waals surface area contributed by atoms with Gasteiger partial charge in [-0.25, -0.2) is 0 Å². The number of carbonyl (C=O) groups is 1. The molecule has 98 valence electrons. The van der Waals surface area contributed by atoms with Crippen molar-refractivity contribution in [2.45, 2.75) is 12.8 Å². The van der Waals surface area contributed by atoms with Crippen molar-refractivity contribution in [1.29, 1.82) is 0 Å². The van der Waals surface area contributed by atoms with E-state index in [0.29, 0.717) is 0 Å². The van der Waals surface area contributed by atoms with Crippen LogP contribution < -0.4 is 10.2 Å². The maximum Gasteiger partial charge on any atom is 0.297 e. The summed E-state index contributed by atoms with van der Waals surface area (Å²) in [6.07, 6.45) is 2.38. The molecule has 0 aliphatic carbocycles. The minimum atomic E-state index is -0.361. The van der Waals surface area contributed by atoms with Crippen molar-refractivity contribution in [2.24, 2.45) is 0 Å². The van der Waals surface area contributed by atoms with Crippen molar-refractivity contribution < 1.29 is 4.79 Å². The maximum atomic E-state index is 11.9. The smallest absolute Gasteiger partial charge is 0.297 e. The number of hydrogen-bond acceptors (Lipinski definition) is 5. The van der Waals surface area contributed by atoms with E-state index in [9.17, 15) is 4.79 Å². The monoisotopic (exact) mass is 258 g/mol. The van der Waals surface area contributed by atoms with Crippen molar-refractivity contribution in [3.8, 4) is 0 Å². The van der Waals surface area contributed by atoms with Crippen molar-refractivity contribution >= 4 is 17.3 Å². The van der Waals surface area contributed by atoms with Gasteiger partial charge in [-0.2, -0.15) is 5.21 Å². The van der Waals surface area contributed by atoms with E-state index in [1.165, 1.54) is 12.8 Å². The molecule has 1 aromatic carbocycles. The number of anilines is 2. The minimum absolute atomic E-state index is 0.0382. The summed E-state index contributed by atoms with van der Waals surface area (Å²) in [7, 11) is 0. The Bertz CT molecular complexity index is 561. The zero-order valence-corrected chi connectivity index (χ0v) is 10.3. The summed E-state index contributed by atoms with van der Waals surface area (Å²) in [6.45, 7) is 2.05. The van der Waals surface area contributed by atoms with Crippen LogP contribution in [0.4, 0.5) is 11.4 Å². The lowest BCUT2D eigenvalue weighted by Gasteiger charge is -2.21. The van der Waals surface area contributed by atoms with Crippen LogP contribution in [-0.4, -0.2) is 39.6 Å². The summed E-state index contributed by atoms with van der Waals surface area (Å²) in [5.41, 5.74) is 1.82. The predicted molar refractivity (Wildman–Crippen MR) is 70.0 cm³/mol. The van der Waals surface area contributed by atoms with Gasteiger partial charge in [-0.15, -0.1) is 10.2 Å². The van der Waals surface area contributed by atoms with E-state index in [1.54, 1.807) is 0 Å². The summed E-state index contributed by atoms with van der Waals surface area (Å²) >= 11 is 0. The first-order valence-electron chi connectivity index (χ1n) is 6.23. The van der Waals surface area contributed by atoms with E-state index >= 15 is 0 Å². The number of carbonyl (C=O) groups excluding carboxylic acids is 1. The largest absolute Gasteiger partial charge is 0.370 e. The Morgan fingerprint density at radius 3 is 2.79 bits per heavy atom. The number of tetrazole rings is 1. The maximum absolute atomic E-state index is 11.9. The molecule has 1 saturated heterocycles. The number of aromatic amines is 1. The quantitative estimate of drug-likeness (QED) is 0.859. The van der Waals surface area contributed by atoms with E-state index in [-0.39, 0.29) is 11.7 Å². The van der Waals surface area contributed by atoms with Gasteiger partial charge in [-0.1, -0.05) is 12.1 Å². The summed E-state index contributed by atoms with van der Waals surface area (Å²) < 4.78 is 0. The molecular weight excluding hydrogens is 244 g/mol.